The minimum atomic E-state index is -0.741. The first kappa shape index (κ1) is 18.8. The second-order valence-corrected chi connectivity index (χ2v) is 9.13. The maximum atomic E-state index is 13.4. The van der Waals surface area contributed by atoms with Gasteiger partial charge in [0.25, 0.3) is 5.91 Å². The van der Waals surface area contributed by atoms with Crippen molar-refractivity contribution in [1.29, 1.82) is 0 Å². The summed E-state index contributed by atoms with van der Waals surface area (Å²) in [5, 5.41) is 2.91. The lowest BCUT2D eigenvalue weighted by atomic mass is 9.83. The first-order chi connectivity index (χ1) is 13.0. The molecule has 4 rings (SSSR count). The van der Waals surface area contributed by atoms with Gasteiger partial charge in [0.1, 0.15) is 11.6 Å². The molecule has 6 nitrogen and oxygen atoms in total. The van der Waals surface area contributed by atoms with E-state index in [4.69, 9.17) is 0 Å². The Morgan fingerprint density at radius 2 is 1.67 bits per heavy atom. The molecule has 1 aliphatic heterocycles. The number of amides is 4. The van der Waals surface area contributed by atoms with Gasteiger partial charge in [-0.25, -0.2) is 9.69 Å². The second-order valence-electron chi connectivity index (χ2n) is 9.13. The van der Waals surface area contributed by atoms with Crippen LogP contribution >= 0.6 is 0 Å². The van der Waals surface area contributed by atoms with Gasteiger partial charge in [-0.2, -0.15) is 0 Å². The van der Waals surface area contributed by atoms with Crippen molar-refractivity contribution in [3.63, 3.8) is 0 Å². The largest absolute Gasteiger partial charge is 0.335 e. The van der Waals surface area contributed by atoms with Crippen molar-refractivity contribution in [2.75, 3.05) is 0 Å². The summed E-state index contributed by atoms with van der Waals surface area (Å²) in [4.78, 5) is 42.3. The van der Waals surface area contributed by atoms with E-state index in [9.17, 15) is 14.4 Å². The van der Waals surface area contributed by atoms with Crippen LogP contribution in [0.3, 0.4) is 0 Å². The predicted molar refractivity (Wildman–Crippen MR) is 102 cm³/mol. The molecule has 1 spiro atoms. The van der Waals surface area contributed by atoms with Gasteiger partial charge in [0.2, 0.25) is 5.91 Å². The lowest BCUT2D eigenvalue weighted by molar-refractivity contribution is -0.145. The molecule has 0 bridgehead atoms. The van der Waals surface area contributed by atoms with E-state index in [1.165, 1.54) is 24.2 Å². The van der Waals surface area contributed by atoms with Crippen LogP contribution in [-0.2, 0) is 9.59 Å². The summed E-state index contributed by atoms with van der Waals surface area (Å²) in [6.07, 6.45) is 11.1. The summed E-state index contributed by atoms with van der Waals surface area (Å²) in [5.74, 6) is 0.565. The molecule has 150 valence electrons. The molecule has 4 fully saturated rings. The fraction of sp³-hybridized carbons (Fsp3) is 0.857. The SMILES string of the molecule is CCC1CCC(N(C(=O)C(C)N2C(=O)NC3(CCCC3)C2=O)C2CC2)CC1. The number of carbonyl (C=O) groups excluding carboxylic acids is 3. The van der Waals surface area contributed by atoms with Crippen LogP contribution in [-0.4, -0.2) is 51.3 Å². The molecule has 27 heavy (non-hydrogen) atoms. The minimum Gasteiger partial charge on any atom is -0.335 e. The molecule has 3 aliphatic carbocycles. The standard InChI is InChI=1S/C21H33N3O3/c1-3-15-6-8-16(9-7-15)24(17-10-11-17)18(25)14(2)23-19(26)21(22-20(23)27)12-4-5-13-21/h14-17H,3-13H2,1-2H3,(H,22,27). The van der Waals surface area contributed by atoms with E-state index < -0.39 is 11.6 Å². The van der Waals surface area contributed by atoms with E-state index >= 15 is 0 Å². The van der Waals surface area contributed by atoms with Crippen molar-refractivity contribution in [2.45, 2.75) is 108 Å². The van der Waals surface area contributed by atoms with Crippen LogP contribution in [0.15, 0.2) is 0 Å². The van der Waals surface area contributed by atoms with E-state index in [1.807, 2.05) is 0 Å². The van der Waals surface area contributed by atoms with Crippen LogP contribution in [0.1, 0.15) is 84.5 Å². The highest BCUT2D eigenvalue weighted by Gasteiger charge is 2.55. The second kappa shape index (κ2) is 7.10. The first-order valence-electron chi connectivity index (χ1n) is 10.9. The molecule has 1 atom stereocenters. The fourth-order valence-corrected chi connectivity index (χ4v) is 5.48. The summed E-state index contributed by atoms with van der Waals surface area (Å²) in [5.41, 5.74) is -0.741. The Labute approximate surface area is 162 Å². The van der Waals surface area contributed by atoms with Gasteiger partial charge in [-0.1, -0.05) is 26.2 Å². The van der Waals surface area contributed by atoms with Crippen molar-refractivity contribution in [2.24, 2.45) is 5.92 Å². The predicted octanol–water partition coefficient (Wildman–Crippen LogP) is 3.20. The molecule has 4 aliphatic rings. The highest BCUT2D eigenvalue weighted by Crippen LogP contribution is 2.39. The summed E-state index contributed by atoms with van der Waals surface area (Å²) in [7, 11) is 0. The number of imide groups is 1. The van der Waals surface area contributed by atoms with Crippen LogP contribution in [0.4, 0.5) is 4.79 Å². The fourth-order valence-electron chi connectivity index (χ4n) is 5.48. The van der Waals surface area contributed by atoms with Crippen LogP contribution in [0.5, 0.6) is 0 Å². The average Bonchev–Trinajstić information content (AvgIpc) is 3.33. The number of rotatable bonds is 5. The van der Waals surface area contributed by atoms with Crippen LogP contribution < -0.4 is 5.32 Å². The number of hydrogen-bond acceptors (Lipinski definition) is 3. The van der Waals surface area contributed by atoms with E-state index in [0.717, 1.165) is 44.4 Å². The molecule has 0 aromatic carbocycles. The van der Waals surface area contributed by atoms with Gasteiger partial charge in [0, 0.05) is 12.1 Å². The Morgan fingerprint density at radius 3 is 2.19 bits per heavy atom. The highest BCUT2D eigenvalue weighted by atomic mass is 16.2. The molecule has 3 saturated carbocycles. The Morgan fingerprint density at radius 1 is 1.11 bits per heavy atom. The molecule has 1 N–H and O–H groups in total. The molecule has 6 heteroatoms. The van der Waals surface area contributed by atoms with Gasteiger partial charge in [0.05, 0.1) is 0 Å². The van der Waals surface area contributed by atoms with Gasteiger partial charge in [-0.3, -0.25) is 9.59 Å². The summed E-state index contributed by atoms with van der Waals surface area (Å²) in [6, 6.07) is -0.504. The van der Waals surface area contributed by atoms with Crippen LogP contribution in [0.25, 0.3) is 0 Å². The minimum absolute atomic E-state index is 0.0315. The molecule has 1 heterocycles. The molecular formula is C21H33N3O3. The van der Waals surface area contributed by atoms with Crippen molar-refractivity contribution < 1.29 is 14.4 Å². The Hall–Kier alpha value is -1.59. The monoisotopic (exact) mass is 375 g/mol. The van der Waals surface area contributed by atoms with Gasteiger partial charge in [0.15, 0.2) is 0 Å². The molecular weight excluding hydrogens is 342 g/mol. The summed E-state index contributed by atoms with van der Waals surface area (Å²) in [6.45, 7) is 3.98. The van der Waals surface area contributed by atoms with Crippen molar-refractivity contribution in [3.8, 4) is 0 Å². The lowest BCUT2D eigenvalue weighted by Crippen LogP contribution is -2.54. The van der Waals surface area contributed by atoms with E-state index in [1.54, 1.807) is 6.92 Å². The van der Waals surface area contributed by atoms with Gasteiger partial charge < -0.3 is 10.2 Å². The van der Waals surface area contributed by atoms with Gasteiger partial charge >= 0.3 is 6.03 Å². The maximum absolute atomic E-state index is 13.4. The molecule has 4 amide bonds. The molecule has 1 unspecified atom stereocenters. The normalized spacial score (nSPS) is 31.3. The summed E-state index contributed by atoms with van der Waals surface area (Å²) < 4.78 is 0. The third-order valence-electron chi connectivity index (χ3n) is 7.38. The number of nitrogens with one attached hydrogen (secondary N) is 1. The average molecular weight is 376 g/mol. The lowest BCUT2D eigenvalue weighted by Gasteiger charge is -2.39. The Bertz CT molecular complexity index is 616. The number of urea groups is 1. The van der Waals surface area contributed by atoms with Crippen molar-refractivity contribution in [1.82, 2.24) is 15.1 Å². The van der Waals surface area contributed by atoms with Crippen molar-refractivity contribution in [3.05, 3.63) is 0 Å². The quantitative estimate of drug-likeness (QED) is 0.750. The summed E-state index contributed by atoms with van der Waals surface area (Å²) >= 11 is 0. The third-order valence-corrected chi connectivity index (χ3v) is 7.38. The zero-order chi connectivity index (χ0) is 19.2. The number of carbonyl (C=O) groups is 3. The van der Waals surface area contributed by atoms with Crippen LogP contribution in [0, 0.1) is 5.92 Å². The zero-order valence-electron chi connectivity index (χ0n) is 16.7. The first-order valence-corrected chi connectivity index (χ1v) is 10.9. The Balaban J connectivity index is 1.48. The molecule has 0 radical (unpaired) electrons. The number of hydrogen-bond donors (Lipinski definition) is 1. The topological polar surface area (TPSA) is 69.7 Å². The zero-order valence-corrected chi connectivity index (χ0v) is 16.7. The Kier molecular flexibility index (Phi) is 4.93. The molecule has 0 aromatic heterocycles. The molecule has 1 saturated heterocycles. The smallest absolute Gasteiger partial charge is 0.325 e. The third kappa shape index (κ3) is 3.25. The van der Waals surface area contributed by atoms with Gasteiger partial charge in [-0.15, -0.1) is 0 Å². The van der Waals surface area contributed by atoms with Crippen molar-refractivity contribution >= 4 is 17.8 Å². The maximum Gasteiger partial charge on any atom is 0.325 e. The van der Waals surface area contributed by atoms with E-state index in [2.05, 4.69) is 17.1 Å². The van der Waals surface area contributed by atoms with E-state index in [0.29, 0.717) is 18.9 Å². The van der Waals surface area contributed by atoms with Crippen LogP contribution in [0.2, 0.25) is 0 Å². The van der Waals surface area contributed by atoms with Gasteiger partial charge in [-0.05, 0) is 64.2 Å². The number of nitrogens with zero attached hydrogens (tertiary/aromatic N) is 2. The molecule has 0 aromatic rings. The highest BCUT2D eigenvalue weighted by molar-refractivity contribution is 6.10. The van der Waals surface area contributed by atoms with E-state index in [-0.39, 0.29) is 23.9 Å².